The average molecular weight is 365 g/mol. The molecule has 5 heteroatoms. The zero-order valence-corrected chi connectivity index (χ0v) is 15.3. The van der Waals surface area contributed by atoms with Gasteiger partial charge in [-0.15, -0.1) is 0 Å². The van der Waals surface area contributed by atoms with Crippen molar-refractivity contribution in [1.82, 2.24) is 4.90 Å². The first-order chi connectivity index (χ1) is 13.2. The lowest BCUT2D eigenvalue weighted by Crippen LogP contribution is -2.44. The van der Waals surface area contributed by atoms with Gasteiger partial charge in [0, 0.05) is 5.56 Å². The van der Waals surface area contributed by atoms with E-state index in [-0.39, 0.29) is 18.6 Å². The lowest BCUT2D eigenvalue weighted by molar-refractivity contribution is -0.163. The quantitative estimate of drug-likeness (QED) is 0.603. The number of fused-ring (bicyclic) bond motifs is 1. The lowest BCUT2D eigenvalue weighted by Gasteiger charge is -2.28. The van der Waals surface area contributed by atoms with Crippen LogP contribution in [0.25, 0.3) is 0 Å². The molecular weight excluding hydrogens is 342 g/mol. The van der Waals surface area contributed by atoms with E-state index in [2.05, 4.69) is 0 Å². The number of amides is 1. The van der Waals surface area contributed by atoms with Gasteiger partial charge in [-0.1, -0.05) is 60.7 Å². The van der Waals surface area contributed by atoms with Crippen LogP contribution >= 0.6 is 0 Å². The fourth-order valence-corrected chi connectivity index (χ4v) is 4.20. The minimum Gasteiger partial charge on any atom is -0.465 e. The molecule has 2 heterocycles. The SMILES string of the molecule is CCOC(=O)[C@@]1(Cc2ccccc2)C[C@H]2CO[C@H](c3ccccc3)N2C1=O. The summed E-state index contributed by atoms with van der Waals surface area (Å²) in [5.41, 5.74) is 0.698. The molecule has 0 unspecified atom stereocenters. The van der Waals surface area contributed by atoms with Crippen molar-refractivity contribution >= 4 is 11.9 Å². The molecule has 140 valence electrons. The van der Waals surface area contributed by atoms with E-state index in [1.54, 1.807) is 11.8 Å². The highest BCUT2D eigenvalue weighted by atomic mass is 16.5. The predicted octanol–water partition coefficient (Wildman–Crippen LogP) is 3.11. The van der Waals surface area contributed by atoms with Crippen LogP contribution in [-0.2, 0) is 25.5 Å². The Morgan fingerprint density at radius 2 is 1.81 bits per heavy atom. The van der Waals surface area contributed by atoms with E-state index < -0.39 is 17.6 Å². The normalized spacial score (nSPS) is 26.9. The molecule has 2 aromatic carbocycles. The molecule has 0 saturated carbocycles. The molecule has 2 aromatic rings. The third kappa shape index (κ3) is 3.02. The van der Waals surface area contributed by atoms with Gasteiger partial charge in [0.05, 0.1) is 19.3 Å². The summed E-state index contributed by atoms with van der Waals surface area (Å²) in [4.78, 5) is 28.2. The summed E-state index contributed by atoms with van der Waals surface area (Å²) in [5, 5.41) is 0. The van der Waals surface area contributed by atoms with Crippen molar-refractivity contribution in [3.63, 3.8) is 0 Å². The van der Waals surface area contributed by atoms with Gasteiger partial charge in [0.2, 0.25) is 5.91 Å². The maximum atomic E-state index is 13.6. The first-order valence-corrected chi connectivity index (χ1v) is 9.36. The maximum Gasteiger partial charge on any atom is 0.322 e. The molecule has 2 aliphatic heterocycles. The second-order valence-corrected chi connectivity index (χ2v) is 7.13. The number of carbonyl (C=O) groups is 2. The van der Waals surface area contributed by atoms with Crippen LogP contribution in [0.3, 0.4) is 0 Å². The Balaban J connectivity index is 1.69. The van der Waals surface area contributed by atoms with E-state index in [9.17, 15) is 9.59 Å². The van der Waals surface area contributed by atoms with Crippen molar-refractivity contribution in [3.05, 3.63) is 71.8 Å². The van der Waals surface area contributed by atoms with Crippen LogP contribution in [0.5, 0.6) is 0 Å². The summed E-state index contributed by atoms with van der Waals surface area (Å²) in [6.45, 7) is 2.46. The van der Waals surface area contributed by atoms with Gasteiger partial charge in [0.25, 0.3) is 0 Å². The fourth-order valence-electron chi connectivity index (χ4n) is 4.20. The number of esters is 1. The highest BCUT2D eigenvalue weighted by molar-refractivity contribution is 6.05. The number of benzene rings is 2. The van der Waals surface area contributed by atoms with Crippen LogP contribution in [0.1, 0.15) is 30.7 Å². The molecule has 0 aromatic heterocycles. The Morgan fingerprint density at radius 1 is 1.15 bits per heavy atom. The molecule has 4 rings (SSSR count). The van der Waals surface area contributed by atoms with Crippen molar-refractivity contribution < 1.29 is 19.1 Å². The number of carbonyl (C=O) groups excluding carboxylic acids is 2. The number of ether oxygens (including phenoxy) is 2. The predicted molar refractivity (Wildman–Crippen MR) is 99.6 cm³/mol. The second kappa shape index (κ2) is 7.16. The minimum absolute atomic E-state index is 0.115. The summed E-state index contributed by atoms with van der Waals surface area (Å²) < 4.78 is 11.3. The van der Waals surface area contributed by atoms with Crippen molar-refractivity contribution in [2.75, 3.05) is 13.2 Å². The van der Waals surface area contributed by atoms with Crippen LogP contribution in [0, 0.1) is 5.41 Å². The Kier molecular flexibility index (Phi) is 4.70. The van der Waals surface area contributed by atoms with Crippen LogP contribution < -0.4 is 0 Å². The summed E-state index contributed by atoms with van der Waals surface area (Å²) in [7, 11) is 0. The highest BCUT2D eigenvalue weighted by Crippen LogP contribution is 2.47. The van der Waals surface area contributed by atoms with Gasteiger partial charge in [-0.3, -0.25) is 9.59 Å². The molecule has 27 heavy (non-hydrogen) atoms. The molecule has 5 nitrogen and oxygen atoms in total. The Morgan fingerprint density at radius 3 is 2.48 bits per heavy atom. The Bertz CT molecular complexity index is 823. The van der Waals surface area contributed by atoms with Crippen LogP contribution in [0.2, 0.25) is 0 Å². The van der Waals surface area contributed by atoms with E-state index in [1.165, 1.54) is 0 Å². The van der Waals surface area contributed by atoms with Crippen LogP contribution in [0.15, 0.2) is 60.7 Å². The third-order valence-corrected chi connectivity index (χ3v) is 5.42. The average Bonchev–Trinajstić information content (AvgIpc) is 3.22. The standard InChI is InChI=1S/C22H23NO4/c1-2-26-21(25)22(13-16-9-5-3-6-10-16)14-18-15-27-19(23(18)20(22)24)17-11-7-4-8-12-17/h3-12,18-19H,2,13-15H2,1H3/t18-,19+,22-/m0/s1. The molecule has 1 amide bonds. The molecule has 3 atom stereocenters. The number of nitrogens with zero attached hydrogens (tertiary/aromatic N) is 1. The van der Waals surface area contributed by atoms with Gasteiger partial charge in [0.1, 0.15) is 0 Å². The maximum absolute atomic E-state index is 13.6. The summed E-state index contributed by atoms with van der Waals surface area (Å²) in [5.74, 6) is -0.624. The number of rotatable bonds is 5. The molecule has 0 bridgehead atoms. The zero-order chi connectivity index (χ0) is 18.9. The Labute approximate surface area is 158 Å². The lowest BCUT2D eigenvalue weighted by atomic mass is 9.78. The van der Waals surface area contributed by atoms with E-state index in [4.69, 9.17) is 9.47 Å². The summed E-state index contributed by atoms with van der Waals surface area (Å²) in [6, 6.07) is 19.2. The van der Waals surface area contributed by atoms with E-state index in [1.807, 2.05) is 60.7 Å². The molecule has 2 fully saturated rings. The molecule has 0 spiro atoms. The van der Waals surface area contributed by atoms with Crippen molar-refractivity contribution in [2.45, 2.75) is 32.0 Å². The van der Waals surface area contributed by atoms with Crippen molar-refractivity contribution in [2.24, 2.45) is 5.41 Å². The Hall–Kier alpha value is -2.66. The first kappa shape index (κ1) is 17.7. The zero-order valence-electron chi connectivity index (χ0n) is 15.3. The smallest absolute Gasteiger partial charge is 0.322 e. The first-order valence-electron chi connectivity index (χ1n) is 9.36. The van der Waals surface area contributed by atoms with Gasteiger partial charge in [-0.2, -0.15) is 0 Å². The fraction of sp³-hybridized carbons (Fsp3) is 0.364. The van der Waals surface area contributed by atoms with Gasteiger partial charge in [0.15, 0.2) is 11.6 Å². The van der Waals surface area contributed by atoms with Gasteiger partial charge in [-0.25, -0.2) is 0 Å². The minimum atomic E-state index is -1.18. The van der Waals surface area contributed by atoms with Gasteiger partial charge in [-0.05, 0) is 25.3 Å². The van der Waals surface area contributed by atoms with E-state index >= 15 is 0 Å². The second-order valence-electron chi connectivity index (χ2n) is 7.13. The molecule has 0 N–H and O–H groups in total. The molecule has 2 saturated heterocycles. The monoisotopic (exact) mass is 365 g/mol. The summed E-state index contributed by atoms with van der Waals surface area (Å²) in [6.07, 6.45) is 0.318. The van der Waals surface area contributed by atoms with Crippen LogP contribution in [-0.4, -0.2) is 36.0 Å². The van der Waals surface area contributed by atoms with E-state index in [0.717, 1.165) is 11.1 Å². The topological polar surface area (TPSA) is 55.8 Å². The van der Waals surface area contributed by atoms with Gasteiger partial charge >= 0.3 is 5.97 Å². The number of hydrogen-bond acceptors (Lipinski definition) is 4. The largest absolute Gasteiger partial charge is 0.465 e. The molecule has 0 aliphatic carbocycles. The van der Waals surface area contributed by atoms with Gasteiger partial charge < -0.3 is 14.4 Å². The number of hydrogen-bond donors (Lipinski definition) is 0. The molecular formula is C22H23NO4. The molecule has 2 aliphatic rings. The summed E-state index contributed by atoms with van der Waals surface area (Å²) >= 11 is 0. The van der Waals surface area contributed by atoms with Crippen molar-refractivity contribution in [3.8, 4) is 0 Å². The third-order valence-electron chi connectivity index (χ3n) is 5.42. The van der Waals surface area contributed by atoms with E-state index in [0.29, 0.717) is 19.4 Å². The highest BCUT2D eigenvalue weighted by Gasteiger charge is 2.61. The van der Waals surface area contributed by atoms with Crippen molar-refractivity contribution in [1.29, 1.82) is 0 Å². The van der Waals surface area contributed by atoms with Crippen LogP contribution in [0.4, 0.5) is 0 Å². The molecule has 0 radical (unpaired) electrons.